The minimum absolute atomic E-state index is 0.0169. The number of carbonyl (C=O) groups excluding carboxylic acids is 2. The molecule has 0 bridgehead atoms. The second-order valence-corrected chi connectivity index (χ2v) is 8.20. The van der Waals surface area contributed by atoms with Crippen molar-refractivity contribution in [1.29, 1.82) is 0 Å². The molecule has 31 heavy (non-hydrogen) atoms. The van der Waals surface area contributed by atoms with E-state index in [0.29, 0.717) is 25.9 Å². The molecule has 5 rings (SSSR count). The van der Waals surface area contributed by atoms with Crippen molar-refractivity contribution in [1.82, 2.24) is 15.2 Å². The Morgan fingerprint density at radius 2 is 1.94 bits per heavy atom. The normalized spacial score (nSPS) is 17.8. The smallest absolute Gasteiger partial charge is 0.254 e. The molecule has 1 saturated heterocycles. The van der Waals surface area contributed by atoms with Gasteiger partial charge < -0.3 is 14.6 Å². The number of aromatic nitrogens is 1. The average Bonchev–Trinajstić information content (AvgIpc) is 3.47. The van der Waals surface area contributed by atoms with Crippen LogP contribution >= 0.6 is 0 Å². The highest BCUT2D eigenvalue weighted by molar-refractivity contribution is 6.09. The molecule has 1 aliphatic heterocycles. The lowest BCUT2D eigenvalue weighted by atomic mass is 9.94. The van der Waals surface area contributed by atoms with E-state index in [2.05, 4.69) is 5.32 Å². The van der Waals surface area contributed by atoms with Gasteiger partial charge in [0.2, 0.25) is 5.91 Å². The topological polar surface area (TPSA) is 75.4 Å². The van der Waals surface area contributed by atoms with Gasteiger partial charge in [-0.3, -0.25) is 9.59 Å². The molecule has 2 amide bonds. The van der Waals surface area contributed by atoms with Gasteiger partial charge in [0.15, 0.2) is 0 Å². The first-order valence-electron chi connectivity index (χ1n) is 10.8. The van der Waals surface area contributed by atoms with E-state index < -0.39 is 0 Å². The number of benzene rings is 1. The van der Waals surface area contributed by atoms with E-state index in [9.17, 15) is 9.59 Å². The lowest BCUT2D eigenvalue weighted by Crippen LogP contribution is -2.42. The molecule has 0 spiro atoms. The van der Waals surface area contributed by atoms with Crippen LogP contribution in [0, 0.1) is 5.92 Å². The maximum atomic E-state index is 13.7. The maximum Gasteiger partial charge on any atom is 0.254 e. The Hall–Kier alpha value is -3.41. The lowest BCUT2D eigenvalue weighted by molar-refractivity contribution is -0.125. The van der Waals surface area contributed by atoms with Crippen LogP contribution in [0.25, 0.3) is 22.6 Å². The van der Waals surface area contributed by atoms with Gasteiger partial charge in [-0.15, -0.1) is 0 Å². The Bertz CT molecular complexity index is 1170. The zero-order valence-corrected chi connectivity index (χ0v) is 17.6. The Morgan fingerprint density at radius 1 is 1.13 bits per heavy atom. The van der Waals surface area contributed by atoms with Gasteiger partial charge in [-0.05, 0) is 61.1 Å². The Kier molecular flexibility index (Phi) is 5.06. The number of hydrogen-bond donors (Lipinski definition) is 1. The number of nitrogens with one attached hydrogen (secondary N) is 1. The van der Waals surface area contributed by atoms with Crippen LogP contribution in [0.4, 0.5) is 0 Å². The molecule has 2 aliphatic rings. The van der Waals surface area contributed by atoms with Crippen LogP contribution in [-0.2, 0) is 11.2 Å². The van der Waals surface area contributed by atoms with Crippen LogP contribution in [0.2, 0.25) is 0 Å². The fourth-order valence-electron chi connectivity index (χ4n) is 4.78. The minimum atomic E-state index is -0.0169. The van der Waals surface area contributed by atoms with Crippen molar-refractivity contribution in [3.05, 3.63) is 65.2 Å². The Labute approximate surface area is 180 Å². The van der Waals surface area contributed by atoms with Crippen LogP contribution in [-0.4, -0.2) is 41.8 Å². The number of likely N-dealkylation sites (tertiary alicyclic amines) is 1. The second-order valence-electron chi connectivity index (χ2n) is 8.20. The number of amides is 2. The molecule has 1 aromatic carbocycles. The summed E-state index contributed by atoms with van der Waals surface area (Å²) in [6.07, 6.45) is 6.69. The Morgan fingerprint density at radius 3 is 2.68 bits per heavy atom. The Balaban J connectivity index is 1.53. The van der Waals surface area contributed by atoms with E-state index in [1.165, 1.54) is 0 Å². The fourth-order valence-corrected chi connectivity index (χ4v) is 4.78. The van der Waals surface area contributed by atoms with Crippen molar-refractivity contribution in [3.63, 3.8) is 0 Å². The first-order valence-corrected chi connectivity index (χ1v) is 10.8. The highest BCUT2D eigenvalue weighted by atomic mass is 16.3. The van der Waals surface area contributed by atoms with E-state index in [1.807, 2.05) is 47.4 Å². The molecule has 158 valence electrons. The SMILES string of the molecule is CNC(=O)C1CCN(C(=O)c2c3c(nc4ccccc24)/C(=C\c2ccco2)CC3)CC1. The maximum absolute atomic E-state index is 13.7. The summed E-state index contributed by atoms with van der Waals surface area (Å²) in [6.45, 7) is 1.19. The molecule has 1 aliphatic carbocycles. The van der Waals surface area contributed by atoms with Crippen LogP contribution in [0.3, 0.4) is 0 Å². The molecular weight excluding hydrogens is 390 g/mol. The summed E-state index contributed by atoms with van der Waals surface area (Å²) >= 11 is 0. The quantitative estimate of drug-likeness (QED) is 0.704. The predicted octanol–water partition coefficient (Wildman–Crippen LogP) is 3.91. The number of hydrogen-bond acceptors (Lipinski definition) is 4. The molecule has 0 atom stereocenters. The molecular formula is C25H25N3O3. The summed E-state index contributed by atoms with van der Waals surface area (Å²) in [6, 6.07) is 11.7. The molecule has 0 unspecified atom stereocenters. The zero-order chi connectivity index (χ0) is 21.4. The number of piperidine rings is 1. The number of pyridine rings is 1. The highest BCUT2D eigenvalue weighted by Crippen LogP contribution is 2.38. The summed E-state index contributed by atoms with van der Waals surface area (Å²) in [5.74, 6) is 0.887. The van der Waals surface area contributed by atoms with Gasteiger partial charge in [0.05, 0.1) is 23.0 Å². The molecule has 3 heterocycles. The van der Waals surface area contributed by atoms with Gasteiger partial charge in [0.1, 0.15) is 5.76 Å². The van der Waals surface area contributed by atoms with Crippen molar-refractivity contribution < 1.29 is 14.0 Å². The van der Waals surface area contributed by atoms with Gasteiger partial charge in [0.25, 0.3) is 5.91 Å². The van der Waals surface area contributed by atoms with E-state index in [0.717, 1.165) is 51.9 Å². The van der Waals surface area contributed by atoms with E-state index in [-0.39, 0.29) is 17.7 Å². The fraction of sp³-hybridized carbons (Fsp3) is 0.320. The molecule has 3 aromatic rings. The molecule has 6 heteroatoms. The molecule has 0 radical (unpaired) electrons. The number of fused-ring (bicyclic) bond motifs is 2. The summed E-state index contributed by atoms with van der Waals surface area (Å²) in [5, 5.41) is 3.63. The summed E-state index contributed by atoms with van der Waals surface area (Å²) in [7, 11) is 1.67. The first-order chi connectivity index (χ1) is 15.2. The van der Waals surface area contributed by atoms with Crippen LogP contribution in [0.1, 0.15) is 46.6 Å². The van der Waals surface area contributed by atoms with E-state index in [1.54, 1.807) is 13.3 Å². The van der Waals surface area contributed by atoms with Crippen LogP contribution < -0.4 is 5.32 Å². The van der Waals surface area contributed by atoms with Crippen molar-refractivity contribution in [2.24, 2.45) is 5.92 Å². The number of carbonyl (C=O) groups is 2. The van der Waals surface area contributed by atoms with E-state index >= 15 is 0 Å². The monoisotopic (exact) mass is 415 g/mol. The van der Waals surface area contributed by atoms with Crippen molar-refractivity contribution in [2.45, 2.75) is 25.7 Å². The average molecular weight is 415 g/mol. The first kappa shape index (κ1) is 19.5. The summed E-state index contributed by atoms with van der Waals surface area (Å²) < 4.78 is 5.50. The minimum Gasteiger partial charge on any atom is -0.465 e. The number of rotatable bonds is 3. The van der Waals surface area contributed by atoms with Crippen molar-refractivity contribution in [3.8, 4) is 0 Å². The molecule has 1 N–H and O–H groups in total. The van der Waals surface area contributed by atoms with E-state index in [4.69, 9.17) is 9.40 Å². The lowest BCUT2D eigenvalue weighted by Gasteiger charge is -2.32. The second kappa shape index (κ2) is 8.02. The van der Waals surface area contributed by atoms with Gasteiger partial charge in [-0.2, -0.15) is 0 Å². The third-order valence-electron chi connectivity index (χ3n) is 6.41. The number of furan rings is 1. The highest BCUT2D eigenvalue weighted by Gasteiger charge is 2.32. The third kappa shape index (κ3) is 3.52. The molecule has 2 aromatic heterocycles. The predicted molar refractivity (Wildman–Crippen MR) is 119 cm³/mol. The third-order valence-corrected chi connectivity index (χ3v) is 6.41. The summed E-state index contributed by atoms with van der Waals surface area (Å²) in [4.78, 5) is 32.5. The van der Waals surface area contributed by atoms with Gasteiger partial charge in [0, 0.05) is 31.4 Å². The van der Waals surface area contributed by atoms with Crippen LogP contribution in [0.5, 0.6) is 0 Å². The number of para-hydroxylation sites is 1. The van der Waals surface area contributed by atoms with Gasteiger partial charge >= 0.3 is 0 Å². The molecule has 6 nitrogen and oxygen atoms in total. The number of allylic oxidation sites excluding steroid dienone is 1. The molecule has 1 fully saturated rings. The molecule has 0 saturated carbocycles. The van der Waals surface area contributed by atoms with Crippen molar-refractivity contribution >= 4 is 34.4 Å². The zero-order valence-electron chi connectivity index (χ0n) is 17.6. The van der Waals surface area contributed by atoms with Gasteiger partial charge in [-0.25, -0.2) is 4.98 Å². The standard InChI is InChI=1S/C25H25N3O3/c1-26-24(29)16-10-12-28(13-11-16)25(30)22-19-6-2-3-7-21(19)27-23-17(8-9-20(22)23)15-18-5-4-14-31-18/h2-7,14-16H,8-13H2,1H3,(H,26,29)/b17-15-. The number of nitrogens with zero attached hydrogens (tertiary/aromatic N) is 2. The van der Waals surface area contributed by atoms with Crippen LogP contribution in [0.15, 0.2) is 47.1 Å². The van der Waals surface area contributed by atoms with Crippen molar-refractivity contribution in [2.75, 3.05) is 20.1 Å². The largest absolute Gasteiger partial charge is 0.465 e. The summed E-state index contributed by atoms with van der Waals surface area (Å²) in [5.41, 5.74) is 4.62. The van der Waals surface area contributed by atoms with Gasteiger partial charge in [-0.1, -0.05) is 18.2 Å².